The normalized spacial score (nSPS) is 27.3. The SMILES string of the molecule is CCc1cc(CN)cc(OC2CC(C)CC(C)C2)n1. The standard InChI is InChI=1S/C16H26N2O/c1-4-14-8-13(10-17)9-16(18-14)19-15-6-11(2)5-12(3)7-15/h8-9,11-12,15H,4-7,10,17H2,1-3H3. The van der Waals surface area contributed by atoms with E-state index in [1.165, 1.54) is 6.42 Å². The summed E-state index contributed by atoms with van der Waals surface area (Å²) in [4.78, 5) is 4.57. The van der Waals surface area contributed by atoms with Gasteiger partial charge >= 0.3 is 0 Å². The fourth-order valence-corrected chi connectivity index (χ4v) is 3.12. The summed E-state index contributed by atoms with van der Waals surface area (Å²) in [5, 5.41) is 0. The first-order valence-electron chi connectivity index (χ1n) is 7.47. The van der Waals surface area contributed by atoms with Gasteiger partial charge in [-0.3, -0.25) is 0 Å². The van der Waals surface area contributed by atoms with Crippen LogP contribution in [0.15, 0.2) is 12.1 Å². The van der Waals surface area contributed by atoms with E-state index in [4.69, 9.17) is 10.5 Å². The van der Waals surface area contributed by atoms with E-state index in [9.17, 15) is 0 Å². The summed E-state index contributed by atoms with van der Waals surface area (Å²) in [5.74, 6) is 2.25. The summed E-state index contributed by atoms with van der Waals surface area (Å²) < 4.78 is 6.11. The number of aryl methyl sites for hydroxylation is 1. The molecule has 1 fully saturated rings. The molecule has 0 spiro atoms. The highest BCUT2D eigenvalue weighted by atomic mass is 16.5. The van der Waals surface area contributed by atoms with Gasteiger partial charge in [0.2, 0.25) is 5.88 Å². The molecule has 0 aliphatic heterocycles. The molecule has 0 radical (unpaired) electrons. The number of pyridine rings is 1. The van der Waals surface area contributed by atoms with Gasteiger partial charge in [-0.05, 0) is 49.1 Å². The molecule has 106 valence electrons. The molecule has 1 aliphatic carbocycles. The van der Waals surface area contributed by atoms with Gasteiger partial charge in [0.05, 0.1) is 0 Å². The molecule has 19 heavy (non-hydrogen) atoms. The fraction of sp³-hybridized carbons (Fsp3) is 0.688. The molecule has 2 N–H and O–H groups in total. The maximum absolute atomic E-state index is 6.11. The minimum absolute atomic E-state index is 0.309. The van der Waals surface area contributed by atoms with E-state index in [1.807, 2.05) is 6.07 Å². The van der Waals surface area contributed by atoms with Crippen molar-refractivity contribution in [2.75, 3.05) is 0 Å². The van der Waals surface area contributed by atoms with Crippen LogP contribution in [0, 0.1) is 11.8 Å². The Morgan fingerprint density at radius 1 is 1.21 bits per heavy atom. The second kappa shape index (κ2) is 6.38. The highest BCUT2D eigenvalue weighted by Crippen LogP contribution is 2.31. The highest BCUT2D eigenvalue weighted by molar-refractivity contribution is 5.25. The Balaban J connectivity index is 2.09. The van der Waals surface area contributed by atoms with Crippen LogP contribution >= 0.6 is 0 Å². The first-order chi connectivity index (χ1) is 9.10. The average molecular weight is 262 g/mol. The van der Waals surface area contributed by atoms with Crippen molar-refractivity contribution in [1.29, 1.82) is 0 Å². The molecule has 1 aromatic heterocycles. The van der Waals surface area contributed by atoms with Crippen LogP contribution in [0.3, 0.4) is 0 Å². The Kier molecular flexibility index (Phi) is 4.81. The number of hydrogen-bond acceptors (Lipinski definition) is 3. The van der Waals surface area contributed by atoms with Gasteiger partial charge in [0.25, 0.3) is 0 Å². The average Bonchev–Trinajstić information content (AvgIpc) is 2.37. The van der Waals surface area contributed by atoms with Gasteiger partial charge in [-0.1, -0.05) is 20.8 Å². The Hall–Kier alpha value is -1.09. The van der Waals surface area contributed by atoms with Crippen LogP contribution < -0.4 is 10.5 Å². The Morgan fingerprint density at radius 3 is 2.47 bits per heavy atom. The topological polar surface area (TPSA) is 48.1 Å². The number of hydrogen-bond donors (Lipinski definition) is 1. The van der Waals surface area contributed by atoms with Gasteiger partial charge in [-0.2, -0.15) is 0 Å². The first kappa shape index (κ1) is 14.3. The molecule has 1 aliphatic rings. The van der Waals surface area contributed by atoms with Crippen LogP contribution in [-0.2, 0) is 13.0 Å². The zero-order valence-electron chi connectivity index (χ0n) is 12.4. The summed E-state index contributed by atoms with van der Waals surface area (Å²) >= 11 is 0. The monoisotopic (exact) mass is 262 g/mol. The Labute approximate surface area is 116 Å². The summed E-state index contributed by atoms with van der Waals surface area (Å²) in [5.41, 5.74) is 7.91. The zero-order valence-corrected chi connectivity index (χ0v) is 12.4. The maximum Gasteiger partial charge on any atom is 0.214 e. The predicted molar refractivity (Wildman–Crippen MR) is 78.1 cm³/mol. The molecule has 1 aromatic rings. The van der Waals surface area contributed by atoms with Gasteiger partial charge < -0.3 is 10.5 Å². The molecule has 2 unspecified atom stereocenters. The van der Waals surface area contributed by atoms with E-state index in [2.05, 4.69) is 31.8 Å². The van der Waals surface area contributed by atoms with Crippen molar-refractivity contribution < 1.29 is 4.74 Å². The zero-order chi connectivity index (χ0) is 13.8. The van der Waals surface area contributed by atoms with Gasteiger partial charge in [0.1, 0.15) is 6.10 Å². The van der Waals surface area contributed by atoms with Crippen LogP contribution in [0.1, 0.15) is 51.3 Å². The summed E-state index contributed by atoms with van der Waals surface area (Å²) in [6.07, 6.45) is 4.82. The lowest BCUT2D eigenvalue weighted by molar-refractivity contribution is 0.0964. The molecule has 3 nitrogen and oxygen atoms in total. The number of nitrogens with two attached hydrogens (primary N) is 1. The minimum Gasteiger partial charge on any atom is -0.474 e. The lowest BCUT2D eigenvalue weighted by Gasteiger charge is -2.31. The van der Waals surface area contributed by atoms with Crippen molar-refractivity contribution in [2.45, 2.75) is 59.1 Å². The van der Waals surface area contributed by atoms with Crippen LogP contribution in [0.5, 0.6) is 5.88 Å². The predicted octanol–water partition coefficient (Wildman–Crippen LogP) is 3.31. The molecule has 2 atom stereocenters. The third-order valence-corrected chi connectivity index (χ3v) is 3.94. The minimum atomic E-state index is 0.309. The first-order valence-corrected chi connectivity index (χ1v) is 7.47. The van der Waals surface area contributed by atoms with Crippen LogP contribution in [0.4, 0.5) is 0 Å². The van der Waals surface area contributed by atoms with Crippen molar-refractivity contribution >= 4 is 0 Å². The number of ether oxygens (including phenoxy) is 1. The molecule has 2 rings (SSSR count). The molecule has 3 heteroatoms. The highest BCUT2D eigenvalue weighted by Gasteiger charge is 2.25. The second-order valence-corrected chi connectivity index (χ2v) is 6.02. The molecule has 0 amide bonds. The number of rotatable bonds is 4. The van der Waals surface area contributed by atoms with Crippen LogP contribution in [0.25, 0.3) is 0 Å². The number of aromatic nitrogens is 1. The molecule has 0 aromatic carbocycles. The van der Waals surface area contributed by atoms with Crippen LogP contribution in [0.2, 0.25) is 0 Å². The van der Waals surface area contributed by atoms with Crippen molar-refractivity contribution in [2.24, 2.45) is 17.6 Å². The maximum atomic E-state index is 6.11. The molecule has 1 heterocycles. The van der Waals surface area contributed by atoms with Gasteiger partial charge in [0, 0.05) is 18.3 Å². The molecule has 0 saturated heterocycles. The number of nitrogens with zero attached hydrogens (tertiary/aromatic N) is 1. The van der Waals surface area contributed by atoms with Crippen LogP contribution in [-0.4, -0.2) is 11.1 Å². The molecule has 1 saturated carbocycles. The fourth-order valence-electron chi connectivity index (χ4n) is 3.12. The van der Waals surface area contributed by atoms with E-state index < -0.39 is 0 Å². The Morgan fingerprint density at radius 2 is 1.89 bits per heavy atom. The van der Waals surface area contributed by atoms with Crippen molar-refractivity contribution in [3.05, 3.63) is 23.4 Å². The van der Waals surface area contributed by atoms with E-state index in [-0.39, 0.29) is 0 Å². The van der Waals surface area contributed by atoms with E-state index >= 15 is 0 Å². The third-order valence-electron chi connectivity index (χ3n) is 3.94. The Bertz CT molecular complexity index is 387. The molecular weight excluding hydrogens is 236 g/mol. The van der Waals surface area contributed by atoms with E-state index in [0.29, 0.717) is 12.6 Å². The molecule has 0 bridgehead atoms. The lowest BCUT2D eigenvalue weighted by atomic mass is 9.82. The smallest absolute Gasteiger partial charge is 0.214 e. The van der Waals surface area contributed by atoms with Gasteiger partial charge in [0.15, 0.2) is 0 Å². The largest absolute Gasteiger partial charge is 0.474 e. The van der Waals surface area contributed by atoms with Gasteiger partial charge in [-0.25, -0.2) is 4.98 Å². The van der Waals surface area contributed by atoms with Gasteiger partial charge in [-0.15, -0.1) is 0 Å². The lowest BCUT2D eigenvalue weighted by Crippen LogP contribution is -2.28. The summed E-state index contributed by atoms with van der Waals surface area (Å²) in [6.45, 7) is 7.28. The summed E-state index contributed by atoms with van der Waals surface area (Å²) in [6, 6.07) is 4.06. The van der Waals surface area contributed by atoms with Crippen molar-refractivity contribution in [3.63, 3.8) is 0 Å². The molecular formula is C16H26N2O. The summed E-state index contributed by atoms with van der Waals surface area (Å²) in [7, 11) is 0. The van der Waals surface area contributed by atoms with E-state index in [1.54, 1.807) is 0 Å². The third kappa shape index (κ3) is 3.93. The van der Waals surface area contributed by atoms with E-state index in [0.717, 1.165) is 48.2 Å². The van der Waals surface area contributed by atoms with Crippen molar-refractivity contribution in [1.82, 2.24) is 4.98 Å². The second-order valence-electron chi connectivity index (χ2n) is 6.02. The quantitative estimate of drug-likeness (QED) is 0.905. The van der Waals surface area contributed by atoms with Crippen molar-refractivity contribution in [3.8, 4) is 5.88 Å².